The van der Waals surface area contributed by atoms with Crippen molar-refractivity contribution in [3.63, 3.8) is 0 Å². The molecule has 0 fully saturated rings. The summed E-state index contributed by atoms with van der Waals surface area (Å²) in [6.45, 7) is 2.32. The summed E-state index contributed by atoms with van der Waals surface area (Å²) in [5.41, 5.74) is 5.35. The van der Waals surface area contributed by atoms with Crippen molar-refractivity contribution in [2.24, 2.45) is 5.73 Å². The number of hydrogen-bond acceptors (Lipinski definition) is 2. The number of halogens is 2. The van der Waals surface area contributed by atoms with E-state index >= 15 is 0 Å². The Hall–Kier alpha value is -0.800. The van der Waals surface area contributed by atoms with E-state index in [4.69, 9.17) is 10.5 Å². The summed E-state index contributed by atoms with van der Waals surface area (Å²) in [6.07, 6.45) is -0.0320. The molecule has 1 rings (SSSR count). The van der Waals surface area contributed by atoms with Gasteiger partial charge in [0.05, 0.1) is 0 Å². The SMILES string of the molecule is CC(CN)Oc1ccc(F)cc1.Cl. The summed E-state index contributed by atoms with van der Waals surface area (Å²) in [4.78, 5) is 0. The van der Waals surface area contributed by atoms with Crippen LogP contribution in [0.4, 0.5) is 4.39 Å². The summed E-state index contributed by atoms with van der Waals surface area (Å²) in [5.74, 6) is 0.386. The van der Waals surface area contributed by atoms with E-state index in [0.29, 0.717) is 12.3 Å². The van der Waals surface area contributed by atoms with Crippen LogP contribution in [0.15, 0.2) is 24.3 Å². The molecule has 1 atom stereocenters. The molecule has 4 heteroatoms. The van der Waals surface area contributed by atoms with E-state index in [2.05, 4.69) is 0 Å². The first kappa shape index (κ1) is 12.2. The first-order valence-corrected chi connectivity index (χ1v) is 3.84. The fourth-order valence-corrected chi connectivity index (χ4v) is 0.794. The van der Waals surface area contributed by atoms with Gasteiger partial charge in [0.2, 0.25) is 0 Å². The molecule has 0 aliphatic heterocycles. The maximum atomic E-state index is 12.4. The van der Waals surface area contributed by atoms with Crippen molar-refractivity contribution in [1.29, 1.82) is 0 Å². The molecule has 0 saturated heterocycles. The topological polar surface area (TPSA) is 35.2 Å². The molecule has 0 spiro atoms. The highest BCUT2D eigenvalue weighted by Gasteiger charge is 2.00. The van der Waals surface area contributed by atoms with Crippen molar-refractivity contribution in [3.8, 4) is 5.75 Å². The van der Waals surface area contributed by atoms with Crippen LogP contribution in [0.25, 0.3) is 0 Å². The molecule has 74 valence electrons. The van der Waals surface area contributed by atoms with Crippen LogP contribution >= 0.6 is 12.4 Å². The third-order valence-electron chi connectivity index (χ3n) is 1.48. The van der Waals surface area contributed by atoms with E-state index in [1.807, 2.05) is 6.92 Å². The first-order chi connectivity index (χ1) is 5.72. The van der Waals surface area contributed by atoms with Crippen LogP contribution in [-0.2, 0) is 0 Å². The molecule has 0 bridgehead atoms. The minimum Gasteiger partial charge on any atom is -0.489 e. The standard InChI is InChI=1S/C9H12FNO.ClH/c1-7(6-11)12-9-4-2-8(10)3-5-9;/h2-5,7H,6,11H2,1H3;1H. The Morgan fingerprint density at radius 1 is 1.38 bits per heavy atom. The van der Waals surface area contributed by atoms with Crippen LogP contribution in [0.5, 0.6) is 5.75 Å². The zero-order valence-corrected chi connectivity index (χ0v) is 8.18. The van der Waals surface area contributed by atoms with Gasteiger partial charge in [0.15, 0.2) is 0 Å². The van der Waals surface area contributed by atoms with Gasteiger partial charge in [-0.3, -0.25) is 0 Å². The van der Waals surface area contributed by atoms with E-state index in [1.54, 1.807) is 12.1 Å². The highest BCUT2D eigenvalue weighted by molar-refractivity contribution is 5.85. The van der Waals surface area contributed by atoms with Gasteiger partial charge >= 0.3 is 0 Å². The van der Waals surface area contributed by atoms with Crippen LogP contribution in [0.1, 0.15) is 6.92 Å². The van der Waals surface area contributed by atoms with Crippen LogP contribution in [-0.4, -0.2) is 12.6 Å². The van der Waals surface area contributed by atoms with E-state index in [-0.39, 0.29) is 24.3 Å². The lowest BCUT2D eigenvalue weighted by Crippen LogP contribution is -2.22. The number of hydrogen-bond donors (Lipinski definition) is 1. The van der Waals surface area contributed by atoms with Crippen molar-refractivity contribution in [3.05, 3.63) is 30.1 Å². The molecule has 1 aromatic rings. The number of benzene rings is 1. The van der Waals surface area contributed by atoms with Crippen LogP contribution < -0.4 is 10.5 Å². The second-order valence-corrected chi connectivity index (χ2v) is 2.62. The van der Waals surface area contributed by atoms with E-state index in [0.717, 1.165) is 0 Å². The normalized spacial score (nSPS) is 11.6. The molecule has 0 aliphatic rings. The van der Waals surface area contributed by atoms with Gasteiger partial charge in [-0.15, -0.1) is 12.4 Å². The van der Waals surface area contributed by atoms with Gasteiger partial charge in [0.25, 0.3) is 0 Å². The van der Waals surface area contributed by atoms with Gasteiger partial charge in [0, 0.05) is 6.54 Å². The Kier molecular flexibility index (Phi) is 5.42. The van der Waals surface area contributed by atoms with Crippen molar-refractivity contribution in [2.75, 3.05) is 6.54 Å². The predicted molar refractivity (Wildman–Crippen MR) is 52.8 cm³/mol. The third kappa shape index (κ3) is 4.10. The molecule has 2 N–H and O–H groups in total. The highest BCUT2D eigenvalue weighted by atomic mass is 35.5. The summed E-state index contributed by atoms with van der Waals surface area (Å²) >= 11 is 0. The van der Waals surface area contributed by atoms with Crippen molar-refractivity contribution in [1.82, 2.24) is 0 Å². The molecule has 0 aromatic heterocycles. The molecule has 0 saturated carbocycles. The lowest BCUT2D eigenvalue weighted by Gasteiger charge is -2.11. The van der Waals surface area contributed by atoms with Crippen LogP contribution in [0, 0.1) is 5.82 Å². The molecule has 0 amide bonds. The zero-order chi connectivity index (χ0) is 8.97. The molecular formula is C9H13ClFNO. The molecule has 1 unspecified atom stereocenters. The Balaban J connectivity index is 0.00000144. The predicted octanol–water partition coefficient (Wildman–Crippen LogP) is 1.97. The van der Waals surface area contributed by atoms with Crippen molar-refractivity contribution >= 4 is 12.4 Å². The number of nitrogens with two attached hydrogens (primary N) is 1. The molecular weight excluding hydrogens is 193 g/mol. The molecule has 1 aromatic carbocycles. The summed E-state index contributed by atoms with van der Waals surface area (Å²) in [7, 11) is 0. The highest BCUT2D eigenvalue weighted by Crippen LogP contribution is 2.12. The van der Waals surface area contributed by atoms with Crippen LogP contribution in [0.2, 0.25) is 0 Å². The maximum Gasteiger partial charge on any atom is 0.123 e. The first-order valence-electron chi connectivity index (χ1n) is 3.84. The average Bonchev–Trinajstić information content (AvgIpc) is 2.09. The maximum absolute atomic E-state index is 12.4. The molecule has 0 radical (unpaired) electrons. The number of rotatable bonds is 3. The fraction of sp³-hybridized carbons (Fsp3) is 0.333. The summed E-state index contributed by atoms with van der Waals surface area (Å²) < 4.78 is 17.8. The summed E-state index contributed by atoms with van der Waals surface area (Å²) in [5, 5.41) is 0. The lowest BCUT2D eigenvalue weighted by atomic mass is 10.3. The second-order valence-electron chi connectivity index (χ2n) is 2.62. The number of ether oxygens (including phenoxy) is 1. The Bertz CT molecular complexity index is 240. The third-order valence-corrected chi connectivity index (χ3v) is 1.48. The second kappa shape index (κ2) is 5.78. The minimum absolute atomic E-state index is 0. The Labute approximate surface area is 83.3 Å². The molecule has 2 nitrogen and oxygen atoms in total. The molecule has 13 heavy (non-hydrogen) atoms. The van der Waals surface area contributed by atoms with Gasteiger partial charge in [-0.25, -0.2) is 4.39 Å². The monoisotopic (exact) mass is 205 g/mol. The molecule has 0 heterocycles. The lowest BCUT2D eigenvalue weighted by molar-refractivity contribution is 0.229. The van der Waals surface area contributed by atoms with Gasteiger partial charge in [0.1, 0.15) is 17.7 Å². The van der Waals surface area contributed by atoms with Gasteiger partial charge in [-0.05, 0) is 31.2 Å². The van der Waals surface area contributed by atoms with Gasteiger partial charge in [-0.2, -0.15) is 0 Å². The summed E-state index contributed by atoms with van der Waals surface area (Å²) in [6, 6.07) is 5.89. The van der Waals surface area contributed by atoms with E-state index in [1.165, 1.54) is 12.1 Å². The quantitative estimate of drug-likeness (QED) is 0.819. The smallest absolute Gasteiger partial charge is 0.123 e. The van der Waals surface area contributed by atoms with E-state index in [9.17, 15) is 4.39 Å². The Morgan fingerprint density at radius 2 is 1.92 bits per heavy atom. The fourth-order valence-electron chi connectivity index (χ4n) is 0.794. The van der Waals surface area contributed by atoms with Crippen LogP contribution in [0.3, 0.4) is 0 Å². The minimum atomic E-state index is -0.261. The zero-order valence-electron chi connectivity index (χ0n) is 7.37. The molecule has 0 aliphatic carbocycles. The average molecular weight is 206 g/mol. The van der Waals surface area contributed by atoms with Gasteiger partial charge in [-0.1, -0.05) is 0 Å². The Morgan fingerprint density at radius 3 is 2.38 bits per heavy atom. The largest absolute Gasteiger partial charge is 0.489 e. The van der Waals surface area contributed by atoms with E-state index < -0.39 is 0 Å². The van der Waals surface area contributed by atoms with Crippen molar-refractivity contribution in [2.45, 2.75) is 13.0 Å². The van der Waals surface area contributed by atoms with Gasteiger partial charge < -0.3 is 10.5 Å². The van der Waals surface area contributed by atoms with Crippen molar-refractivity contribution < 1.29 is 9.13 Å².